The third-order valence-electron chi connectivity index (χ3n) is 12.9. The molecule has 0 radical (unpaired) electrons. The topological polar surface area (TPSA) is 198 Å². The van der Waals surface area contributed by atoms with Crippen molar-refractivity contribution in [1.82, 2.24) is 10.2 Å². The van der Waals surface area contributed by atoms with Crippen molar-refractivity contribution in [2.24, 2.45) is 23.7 Å². The van der Waals surface area contributed by atoms with E-state index in [0.29, 0.717) is 31.5 Å². The summed E-state index contributed by atoms with van der Waals surface area (Å²) in [5.41, 5.74) is -0.596. The van der Waals surface area contributed by atoms with E-state index in [9.17, 15) is 29.7 Å². The Balaban J connectivity index is 1.55. The van der Waals surface area contributed by atoms with Gasteiger partial charge in [0.25, 0.3) is 11.7 Å². The zero-order valence-corrected chi connectivity index (χ0v) is 37.9. The van der Waals surface area contributed by atoms with Crippen LogP contribution in [0.4, 0.5) is 0 Å². The molecule has 14 nitrogen and oxygen atoms in total. The number of hydrogen-bond donors (Lipinski definition) is 4. The monoisotopic (exact) mass is 888 g/mol. The van der Waals surface area contributed by atoms with Gasteiger partial charge in [-0.25, -0.2) is 4.79 Å². The standard InChI is InChI=1S/C48H57ClN2O12/c1-23-16-17-30(22-31(23)49)47(59)62-43-29(7)44-35-33-34(43)41(55)36(37(42(33)56)51-19-11-10-12-20-51)50-46(58)25(3)15-13-14-24(2)38(52)27(5)40(54)28(6)39(53)26(4)32(60-9)18-21-61-48(8,63-44)45(35)57/h13-18,21-22,24,26-28,32,38-40,52-54H,10-12,19-20H2,1-9H3,(H,50,58)/t24-,26+,27+,28+,32-,38-,39+,40-,48-/m0/s1. The fourth-order valence-electron chi connectivity index (χ4n) is 8.69. The fraction of sp³-hybridized carbons (Fsp3) is 0.479. The molecule has 1 fully saturated rings. The summed E-state index contributed by atoms with van der Waals surface area (Å²) in [7, 11) is 1.43. The van der Waals surface area contributed by atoms with Gasteiger partial charge >= 0.3 is 11.8 Å². The molecule has 5 bridgehead atoms. The third-order valence-corrected chi connectivity index (χ3v) is 13.3. The van der Waals surface area contributed by atoms with E-state index in [-0.39, 0.29) is 55.7 Å². The van der Waals surface area contributed by atoms with Crippen molar-refractivity contribution >= 4 is 40.8 Å². The number of likely N-dealkylation sites (tertiary alicyclic amines) is 1. The molecule has 63 heavy (non-hydrogen) atoms. The molecule has 1 aliphatic carbocycles. The van der Waals surface area contributed by atoms with E-state index in [1.807, 2.05) is 0 Å². The molecule has 0 unspecified atom stereocenters. The number of allylic oxidation sites excluding steroid dienone is 4. The van der Waals surface area contributed by atoms with Crippen molar-refractivity contribution in [3.63, 3.8) is 0 Å². The number of carbonyl (C=O) groups is 5. The number of carbonyl (C=O) groups excluding carboxylic acids is 5. The summed E-state index contributed by atoms with van der Waals surface area (Å²) in [6.07, 6.45) is 5.52. The third kappa shape index (κ3) is 9.01. The molecule has 2 aromatic carbocycles. The molecule has 15 heteroatoms. The first kappa shape index (κ1) is 47.4. The number of halogens is 1. The van der Waals surface area contributed by atoms with Crippen LogP contribution in [-0.2, 0) is 14.3 Å². The van der Waals surface area contributed by atoms with Crippen molar-refractivity contribution in [3.8, 4) is 11.5 Å². The lowest BCUT2D eigenvalue weighted by molar-refractivity contribution is -0.116. The summed E-state index contributed by atoms with van der Waals surface area (Å²) >= 11 is 6.36. The van der Waals surface area contributed by atoms with Crippen molar-refractivity contribution in [1.29, 1.82) is 0 Å². The number of benzene rings is 2. The van der Waals surface area contributed by atoms with Gasteiger partial charge in [-0.15, -0.1) is 0 Å². The number of fused-ring (bicyclic) bond motifs is 14. The molecule has 338 valence electrons. The Morgan fingerprint density at radius 2 is 1.52 bits per heavy atom. The highest BCUT2D eigenvalue weighted by molar-refractivity contribution is 6.33. The molecular formula is C48H57ClN2O12. The molecule has 0 spiro atoms. The Kier molecular flexibility index (Phi) is 14.2. The van der Waals surface area contributed by atoms with E-state index < -0.39 is 88.7 Å². The Labute approximate surface area is 372 Å². The van der Waals surface area contributed by atoms with Gasteiger partial charge in [-0.2, -0.15) is 0 Å². The zero-order chi connectivity index (χ0) is 46.2. The van der Waals surface area contributed by atoms with Gasteiger partial charge in [0.2, 0.25) is 11.6 Å². The Hall–Kier alpha value is -5.12. The van der Waals surface area contributed by atoms with E-state index >= 15 is 9.59 Å². The van der Waals surface area contributed by atoms with E-state index in [0.717, 1.165) is 6.42 Å². The Bertz CT molecular complexity index is 2330. The number of nitrogens with zero attached hydrogens (tertiary/aromatic N) is 1. The van der Waals surface area contributed by atoms with Crippen LogP contribution >= 0.6 is 11.6 Å². The molecule has 0 aromatic heterocycles. The average Bonchev–Trinajstić information content (AvgIpc) is 3.53. The number of nitrogens with one attached hydrogen (secondary N) is 1. The highest BCUT2D eigenvalue weighted by Gasteiger charge is 2.53. The number of amides is 1. The maximum atomic E-state index is 15.2. The number of aryl methyl sites for hydroxylation is 1. The number of hydrogen-bond acceptors (Lipinski definition) is 13. The molecule has 1 saturated heterocycles. The molecule has 4 heterocycles. The summed E-state index contributed by atoms with van der Waals surface area (Å²) in [6, 6.07) is 4.53. The molecule has 1 amide bonds. The van der Waals surface area contributed by atoms with Crippen molar-refractivity contribution in [3.05, 3.63) is 104 Å². The second-order valence-corrected chi connectivity index (χ2v) is 17.7. The lowest BCUT2D eigenvalue weighted by atomic mass is 9.78. The van der Waals surface area contributed by atoms with Crippen molar-refractivity contribution in [2.75, 3.05) is 20.2 Å². The van der Waals surface area contributed by atoms with E-state index in [1.54, 1.807) is 57.7 Å². The number of Topliss-reactive ketones (excluding diaryl/α,β-unsaturated/α-hetero) is 3. The summed E-state index contributed by atoms with van der Waals surface area (Å²) in [5.74, 6) is -9.26. The summed E-state index contributed by atoms with van der Waals surface area (Å²) in [6.45, 7) is 13.7. The number of methoxy groups -OCH3 is 1. The first-order chi connectivity index (χ1) is 29.7. The van der Waals surface area contributed by atoms with Crippen LogP contribution in [0.25, 0.3) is 0 Å². The predicted octanol–water partition coefficient (Wildman–Crippen LogP) is 6.35. The number of aliphatic hydroxyl groups excluding tert-OH is 3. The average molecular weight is 889 g/mol. The molecular weight excluding hydrogens is 832 g/mol. The van der Waals surface area contributed by atoms with Crippen molar-refractivity contribution < 1.29 is 58.2 Å². The minimum absolute atomic E-state index is 0.0320. The maximum Gasteiger partial charge on any atom is 0.343 e. The van der Waals surface area contributed by atoms with E-state index in [2.05, 4.69) is 5.32 Å². The van der Waals surface area contributed by atoms with Gasteiger partial charge in [-0.1, -0.05) is 63.6 Å². The normalized spacial score (nSPS) is 29.6. The lowest BCUT2D eigenvalue weighted by Gasteiger charge is -2.36. The van der Waals surface area contributed by atoms with Crippen LogP contribution in [-0.4, -0.2) is 99.8 Å². The van der Waals surface area contributed by atoms with Crippen LogP contribution in [0.3, 0.4) is 0 Å². The van der Waals surface area contributed by atoms with Crippen LogP contribution < -0.4 is 14.8 Å². The van der Waals surface area contributed by atoms with E-state index in [1.165, 1.54) is 58.4 Å². The second-order valence-electron chi connectivity index (χ2n) is 17.3. The van der Waals surface area contributed by atoms with Gasteiger partial charge in [0.1, 0.15) is 22.9 Å². The van der Waals surface area contributed by atoms with Crippen LogP contribution in [0.2, 0.25) is 5.02 Å². The highest BCUT2D eigenvalue weighted by Crippen LogP contribution is 2.50. The molecule has 2 aromatic rings. The number of ether oxygens (including phenoxy) is 4. The van der Waals surface area contributed by atoms with Gasteiger partial charge < -0.3 is 44.5 Å². The van der Waals surface area contributed by atoms with Crippen LogP contribution in [0.5, 0.6) is 11.5 Å². The quantitative estimate of drug-likeness (QED) is 0.196. The number of ketones is 3. The fourth-order valence-corrected chi connectivity index (χ4v) is 8.87. The summed E-state index contributed by atoms with van der Waals surface area (Å²) in [4.78, 5) is 74.7. The largest absolute Gasteiger partial charge is 0.454 e. The second kappa shape index (κ2) is 18.9. The Morgan fingerprint density at radius 1 is 0.873 bits per heavy atom. The van der Waals surface area contributed by atoms with Gasteiger partial charge in [0.05, 0.1) is 52.9 Å². The van der Waals surface area contributed by atoms with Gasteiger partial charge in [0.15, 0.2) is 0 Å². The molecule has 7 rings (SSSR count). The summed E-state index contributed by atoms with van der Waals surface area (Å²) < 4.78 is 24.0. The van der Waals surface area contributed by atoms with Crippen LogP contribution in [0.15, 0.2) is 65.7 Å². The minimum Gasteiger partial charge on any atom is -0.454 e. The van der Waals surface area contributed by atoms with E-state index in [4.69, 9.17) is 30.5 Å². The zero-order valence-electron chi connectivity index (χ0n) is 37.1. The molecule has 4 aliphatic heterocycles. The number of aliphatic hydroxyl groups is 3. The minimum atomic E-state index is -2.12. The first-order valence-electron chi connectivity index (χ1n) is 21.3. The number of piperidine rings is 1. The van der Waals surface area contributed by atoms with Gasteiger partial charge in [-0.05, 0) is 63.8 Å². The summed E-state index contributed by atoms with van der Waals surface area (Å²) in [5, 5.41) is 37.0. The molecule has 5 aliphatic rings. The predicted molar refractivity (Wildman–Crippen MR) is 234 cm³/mol. The first-order valence-corrected chi connectivity index (χ1v) is 21.7. The SMILES string of the molecule is CO[C@H]1C=CO[C@@]2(C)Oc3c(C)c(OC(=O)c4ccc(C)c(Cl)c4)c4c(c3C2=O)C(=O)C(N2CCCCC2)=C(NC(=O)C(C)=CC=C[C@H](C)[C@H](O)[C@@H](C)[C@H](O)[C@H](C)[C@H](O)[C@@H]1C)C4=O. The van der Waals surface area contributed by atoms with Crippen LogP contribution in [0.1, 0.15) is 113 Å². The molecule has 0 saturated carbocycles. The molecule has 9 atom stereocenters. The number of rotatable bonds is 4. The lowest BCUT2D eigenvalue weighted by Crippen LogP contribution is -2.45. The van der Waals surface area contributed by atoms with Gasteiger partial charge in [0, 0.05) is 67.0 Å². The Morgan fingerprint density at radius 3 is 2.17 bits per heavy atom. The maximum absolute atomic E-state index is 15.2. The number of esters is 1. The van der Waals surface area contributed by atoms with Crippen molar-refractivity contribution in [2.45, 2.75) is 105 Å². The highest BCUT2D eigenvalue weighted by atomic mass is 35.5. The molecule has 4 N–H and O–H groups in total. The smallest absolute Gasteiger partial charge is 0.343 e. The van der Waals surface area contributed by atoms with Crippen LogP contribution in [0, 0.1) is 37.5 Å². The van der Waals surface area contributed by atoms with Gasteiger partial charge in [-0.3, -0.25) is 19.2 Å².